The maximum Gasteiger partial charge on any atom is 0.251 e. The summed E-state index contributed by atoms with van der Waals surface area (Å²) < 4.78 is 0. The van der Waals surface area contributed by atoms with Crippen LogP contribution in [0.1, 0.15) is 40.2 Å². The molecular weight excluding hydrogens is 296 g/mol. The van der Waals surface area contributed by atoms with Crippen LogP contribution in [0.2, 0.25) is 0 Å². The number of carbonyl (C=O) groups excluding carboxylic acids is 2. The van der Waals surface area contributed by atoms with E-state index in [1.54, 1.807) is 17.4 Å². The maximum atomic E-state index is 12.0. The molecule has 0 fully saturated rings. The fourth-order valence-corrected chi connectivity index (χ4v) is 2.87. The SMILES string of the molecule is Cc1ccccc1C(=O)NCCC(=O)N[C@@H](C)c1cccs1. The molecular formula is C17H20N2O2S. The third-order valence-electron chi connectivity index (χ3n) is 3.37. The summed E-state index contributed by atoms with van der Waals surface area (Å²) in [6.45, 7) is 4.18. The average Bonchev–Trinajstić information content (AvgIpc) is 3.01. The van der Waals surface area contributed by atoms with Crippen molar-refractivity contribution in [3.63, 3.8) is 0 Å². The van der Waals surface area contributed by atoms with Crippen molar-refractivity contribution in [3.8, 4) is 0 Å². The van der Waals surface area contributed by atoms with Crippen molar-refractivity contribution in [2.24, 2.45) is 0 Å². The van der Waals surface area contributed by atoms with Crippen molar-refractivity contribution in [3.05, 3.63) is 57.8 Å². The zero-order valence-corrected chi connectivity index (χ0v) is 13.6. The number of thiophene rings is 1. The van der Waals surface area contributed by atoms with E-state index in [0.29, 0.717) is 12.1 Å². The van der Waals surface area contributed by atoms with Gasteiger partial charge in [-0.05, 0) is 36.9 Å². The molecule has 1 atom stereocenters. The van der Waals surface area contributed by atoms with Crippen LogP contribution in [0.25, 0.3) is 0 Å². The Morgan fingerprint density at radius 1 is 1.18 bits per heavy atom. The molecule has 2 amide bonds. The lowest BCUT2D eigenvalue weighted by molar-refractivity contribution is -0.121. The molecule has 0 aliphatic carbocycles. The lowest BCUT2D eigenvalue weighted by Gasteiger charge is -2.12. The molecule has 1 aromatic carbocycles. The van der Waals surface area contributed by atoms with E-state index in [1.807, 2.05) is 49.6 Å². The van der Waals surface area contributed by atoms with Gasteiger partial charge in [-0.1, -0.05) is 24.3 Å². The van der Waals surface area contributed by atoms with Crippen LogP contribution in [-0.4, -0.2) is 18.4 Å². The Labute approximate surface area is 134 Å². The van der Waals surface area contributed by atoms with E-state index in [0.717, 1.165) is 10.4 Å². The van der Waals surface area contributed by atoms with Crippen LogP contribution in [-0.2, 0) is 4.79 Å². The Balaban J connectivity index is 1.75. The van der Waals surface area contributed by atoms with Crippen molar-refractivity contribution in [1.29, 1.82) is 0 Å². The van der Waals surface area contributed by atoms with E-state index < -0.39 is 0 Å². The molecule has 0 saturated carbocycles. The normalized spacial score (nSPS) is 11.7. The summed E-state index contributed by atoms with van der Waals surface area (Å²) in [5.74, 6) is -0.205. The van der Waals surface area contributed by atoms with Gasteiger partial charge in [-0.3, -0.25) is 9.59 Å². The Bertz CT molecular complexity index is 638. The number of nitrogens with one attached hydrogen (secondary N) is 2. The predicted octanol–water partition coefficient (Wildman–Crippen LogP) is 3.05. The maximum absolute atomic E-state index is 12.0. The number of rotatable bonds is 6. The lowest BCUT2D eigenvalue weighted by atomic mass is 10.1. The van der Waals surface area contributed by atoms with Crippen LogP contribution >= 0.6 is 11.3 Å². The molecule has 2 aromatic rings. The largest absolute Gasteiger partial charge is 0.352 e. The second-order valence-corrected chi connectivity index (χ2v) is 6.10. The fraction of sp³-hybridized carbons (Fsp3) is 0.294. The molecule has 2 N–H and O–H groups in total. The first-order valence-corrected chi connectivity index (χ1v) is 8.12. The average molecular weight is 316 g/mol. The van der Waals surface area contributed by atoms with E-state index in [1.165, 1.54) is 0 Å². The molecule has 0 saturated heterocycles. The number of benzene rings is 1. The Morgan fingerprint density at radius 2 is 1.95 bits per heavy atom. The highest BCUT2D eigenvalue weighted by Gasteiger charge is 2.11. The first kappa shape index (κ1) is 16.2. The molecule has 0 spiro atoms. The molecule has 116 valence electrons. The van der Waals surface area contributed by atoms with Gasteiger partial charge in [0.1, 0.15) is 0 Å². The molecule has 1 aromatic heterocycles. The second-order valence-electron chi connectivity index (χ2n) is 5.13. The topological polar surface area (TPSA) is 58.2 Å². The first-order valence-electron chi connectivity index (χ1n) is 7.24. The van der Waals surface area contributed by atoms with Crippen LogP contribution in [0.15, 0.2) is 41.8 Å². The molecule has 0 unspecified atom stereocenters. The molecule has 0 aliphatic rings. The standard InChI is InChI=1S/C17H20N2O2S/c1-12-6-3-4-7-14(12)17(21)18-10-9-16(20)19-13(2)15-8-5-11-22-15/h3-8,11,13H,9-10H2,1-2H3,(H,18,21)(H,19,20)/t13-/m0/s1. The summed E-state index contributed by atoms with van der Waals surface area (Å²) in [5, 5.41) is 7.70. The molecule has 2 rings (SSSR count). The fourth-order valence-electron chi connectivity index (χ4n) is 2.13. The van der Waals surface area contributed by atoms with Crippen molar-refractivity contribution in [2.75, 3.05) is 6.54 Å². The zero-order chi connectivity index (χ0) is 15.9. The molecule has 22 heavy (non-hydrogen) atoms. The van der Waals surface area contributed by atoms with Gasteiger partial charge in [0, 0.05) is 23.4 Å². The number of hydrogen-bond donors (Lipinski definition) is 2. The third kappa shape index (κ3) is 4.43. The smallest absolute Gasteiger partial charge is 0.251 e. The highest BCUT2D eigenvalue weighted by atomic mass is 32.1. The predicted molar refractivity (Wildman–Crippen MR) is 89.0 cm³/mol. The summed E-state index contributed by atoms with van der Waals surface area (Å²) in [5.41, 5.74) is 1.57. The summed E-state index contributed by atoms with van der Waals surface area (Å²) in [4.78, 5) is 25.0. The van der Waals surface area contributed by atoms with Crippen LogP contribution in [0.3, 0.4) is 0 Å². The Hall–Kier alpha value is -2.14. The summed E-state index contributed by atoms with van der Waals surface area (Å²) in [6, 6.07) is 11.4. The summed E-state index contributed by atoms with van der Waals surface area (Å²) in [7, 11) is 0. The van der Waals surface area contributed by atoms with E-state index in [2.05, 4.69) is 10.6 Å². The van der Waals surface area contributed by atoms with E-state index in [4.69, 9.17) is 0 Å². The van der Waals surface area contributed by atoms with Gasteiger partial charge in [0.15, 0.2) is 0 Å². The Kier molecular flexibility index (Phi) is 5.72. The monoisotopic (exact) mass is 316 g/mol. The first-order chi connectivity index (χ1) is 10.6. The lowest BCUT2D eigenvalue weighted by Crippen LogP contribution is -2.32. The molecule has 1 heterocycles. The van der Waals surface area contributed by atoms with Gasteiger partial charge in [-0.15, -0.1) is 11.3 Å². The second kappa shape index (κ2) is 7.75. The van der Waals surface area contributed by atoms with Crippen molar-refractivity contribution in [2.45, 2.75) is 26.3 Å². The van der Waals surface area contributed by atoms with Crippen LogP contribution < -0.4 is 10.6 Å². The van der Waals surface area contributed by atoms with Gasteiger partial charge in [0.2, 0.25) is 5.91 Å². The molecule has 0 radical (unpaired) electrons. The molecule has 0 aliphatic heterocycles. The minimum absolute atomic E-state index is 0.000399. The number of carbonyl (C=O) groups is 2. The van der Waals surface area contributed by atoms with E-state index in [9.17, 15) is 9.59 Å². The molecule has 4 nitrogen and oxygen atoms in total. The van der Waals surface area contributed by atoms with Crippen molar-refractivity contribution in [1.82, 2.24) is 10.6 Å². The van der Waals surface area contributed by atoms with Crippen LogP contribution in [0.4, 0.5) is 0 Å². The molecule has 5 heteroatoms. The van der Waals surface area contributed by atoms with E-state index >= 15 is 0 Å². The summed E-state index contributed by atoms with van der Waals surface area (Å²) >= 11 is 1.62. The highest BCUT2D eigenvalue weighted by molar-refractivity contribution is 7.10. The number of aryl methyl sites for hydroxylation is 1. The number of hydrogen-bond acceptors (Lipinski definition) is 3. The van der Waals surface area contributed by atoms with Crippen molar-refractivity contribution < 1.29 is 9.59 Å². The van der Waals surface area contributed by atoms with Gasteiger partial charge in [0.25, 0.3) is 5.91 Å². The van der Waals surface area contributed by atoms with Gasteiger partial charge in [0.05, 0.1) is 6.04 Å². The van der Waals surface area contributed by atoms with Crippen LogP contribution in [0.5, 0.6) is 0 Å². The van der Waals surface area contributed by atoms with Gasteiger partial charge >= 0.3 is 0 Å². The zero-order valence-electron chi connectivity index (χ0n) is 12.8. The van der Waals surface area contributed by atoms with Gasteiger partial charge in [-0.25, -0.2) is 0 Å². The third-order valence-corrected chi connectivity index (χ3v) is 4.43. The molecule has 0 bridgehead atoms. The van der Waals surface area contributed by atoms with Gasteiger partial charge < -0.3 is 10.6 Å². The quantitative estimate of drug-likeness (QED) is 0.860. The Morgan fingerprint density at radius 3 is 2.64 bits per heavy atom. The minimum atomic E-state index is -0.141. The van der Waals surface area contributed by atoms with E-state index in [-0.39, 0.29) is 24.3 Å². The van der Waals surface area contributed by atoms with Crippen LogP contribution in [0, 0.1) is 6.92 Å². The highest BCUT2D eigenvalue weighted by Crippen LogP contribution is 2.17. The minimum Gasteiger partial charge on any atom is -0.352 e. The van der Waals surface area contributed by atoms with Crippen molar-refractivity contribution >= 4 is 23.2 Å². The van der Waals surface area contributed by atoms with Gasteiger partial charge in [-0.2, -0.15) is 0 Å². The summed E-state index contributed by atoms with van der Waals surface area (Å²) in [6.07, 6.45) is 0.271. The number of amides is 2.